The van der Waals surface area contributed by atoms with Crippen LogP contribution in [0.4, 0.5) is 5.69 Å². The van der Waals surface area contributed by atoms with Gasteiger partial charge in [-0.2, -0.15) is 0 Å². The summed E-state index contributed by atoms with van der Waals surface area (Å²) in [5, 5.41) is 7.00. The van der Waals surface area contributed by atoms with Crippen LogP contribution < -0.4 is 20.3 Å². The summed E-state index contributed by atoms with van der Waals surface area (Å²) < 4.78 is 5.49. The molecule has 0 bridgehead atoms. The zero-order chi connectivity index (χ0) is 18.4. The molecule has 1 unspecified atom stereocenters. The summed E-state index contributed by atoms with van der Waals surface area (Å²) in [5.41, 5.74) is 1.22. The van der Waals surface area contributed by atoms with Gasteiger partial charge in [0.25, 0.3) is 0 Å². The van der Waals surface area contributed by atoms with Gasteiger partial charge in [0.05, 0.1) is 12.8 Å². The number of guanidine groups is 1. The summed E-state index contributed by atoms with van der Waals surface area (Å²) in [4.78, 5) is 8.96. The Labute approximate surface area is 175 Å². The van der Waals surface area contributed by atoms with Crippen LogP contribution in [-0.2, 0) is 0 Å². The molecule has 2 N–H and O–H groups in total. The molecule has 1 aliphatic heterocycles. The maximum absolute atomic E-state index is 5.49. The lowest BCUT2D eigenvalue weighted by atomic mass is 10.0. The fraction of sp³-hybridized carbons (Fsp3) is 0.632. The van der Waals surface area contributed by atoms with Crippen molar-refractivity contribution in [1.82, 2.24) is 15.5 Å². The number of methoxy groups -OCH3 is 1. The maximum Gasteiger partial charge on any atom is 0.191 e. The van der Waals surface area contributed by atoms with E-state index in [0.717, 1.165) is 43.5 Å². The third-order valence-electron chi connectivity index (χ3n) is 5.08. The van der Waals surface area contributed by atoms with E-state index in [2.05, 4.69) is 65.5 Å². The van der Waals surface area contributed by atoms with Crippen LogP contribution in [0.1, 0.15) is 20.3 Å². The van der Waals surface area contributed by atoms with Crippen LogP contribution >= 0.6 is 24.0 Å². The first-order chi connectivity index (χ1) is 11.9. The number of anilines is 1. The molecular weight excluding hydrogens is 441 g/mol. The quantitative estimate of drug-likeness (QED) is 0.376. The van der Waals surface area contributed by atoms with Crippen LogP contribution in [0.2, 0.25) is 0 Å². The Morgan fingerprint density at radius 2 is 2.04 bits per heavy atom. The highest BCUT2D eigenvalue weighted by atomic mass is 127. The van der Waals surface area contributed by atoms with E-state index in [0.29, 0.717) is 6.04 Å². The average Bonchev–Trinajstić information content (AvgIpc) is 3.06. The van der Waals surface area contributed by atoms with Gasteiger partial charge >= 0.3 is 0 Å². The highest BCUT2D eigenvalue weighted by Crippen LogP contribution is 2.30. The zero-order valence-electron chi connectivity index (χ0n) is 16.9. The minimum absolute atomic E-state index is 0. The SMILES string of the molecule is CN=C(NCC(C)(C)N(C)C)NC1CCN(c2ccccc2OC)C1.I. The van der Waals surface area contributed by atoms with Gasteiger partial charge in [0.1, 0.15) is 5.75 Å². The third-order valence-corrected chi connectivity index (χ3v) is 5.08. The Bertz CT molecular complexity index is 591. The molecule has 0 saturated carbocycles. The Kier molecular flexibility index (Phi) is 8.95. The Balaban J connectivity index is 0.00000338. The monoisotopic (exact) mass is 475 g/mol. The van der Waals surface area contributed by atoms with Gasteiger partial charge in [-0.3, -0.25) is 4.99 Å². The van der Waals surface area contributed by atoms with E-state index in [-0.39, 0.29) is 29.5 Å². The van der Waals surface area contributed by atoms with Crippen molar-refractivity contribution in [2.24, 2.45) is 4.99 Å². The number of aliphatic imine (C=N–C) groups is 1. The van der Waals surface area contributed by atoms with E-state index in [1.165, 1.54) is 0 Å². The number of halogens is 1. The number of hydrogen-bond donors (Lipinski definition) is 2. The minimum Gasteiger partial charge on any atom is -0.495 e. The molecule has 1 aliphatic rings. The molecule has 2 rings (SSSR count). The number of nitrogens with one attached hydrogen (secondary N) is 2. The summed E-state index contributed by atoms with van der Waals surface area (Å²) in [5.74, 6) is 1.79. The molecule has 1 fully saturated rings. The number of nitrogens with zero attached hydrogens (tertiary/aromatic N) is 3. The van der Waals surface area contributed by atoms with Crippen LogP contribution in [0.15, 0.2) is 29.3 Å². The van der Waals surface area contributed by atoms with E-state index in [1.54, 1.807) is 7.11 Å². The summed E-state index contributed by atoms with van der Waals surface area (Å²) in [6.07, 6.45) is 1.08. The lowest BCUT2D eigenvalue weighted by Crippen LogP contribution is -2.52. The van der Waals surface area contributed by atoms with E-state index in [9.17, 15) is 0 Å². The molecule has 1 aromatic carbocycles. The third kappa shape index (κ3) is 5.90. The lowest BCUT2D eigenvalue weighted by Gasteiger charge is -2.33. The van der Waals surface area contributed by atoms with Crippen molar-refractivity contribution in [2.75, 3.05) is 52.8 Å². The van der Waals surface area contributed by atoms with Crippen molar-refractivity contribution in [3.05, 3.63) is 24.3 Å². The van der Waals surface area contributed by atoms with Gasteiger partial charge < -0.3 is 25.2 Å². The molecule has 0 radical (unpaired) electrons. The Morgan fingerprint density at radius 1 is 1.35 bits per heavy atom. The number of benzene rings is 1. The van der Waals surface area contributed by atoms with Crippen LogP contribution in [-0.4, -0.2) is 70.3 Å². The largest absolute Gasteiger partial charge is 0.495 e. The maximum atomic E-state index is 5.49. The molecule has 26 heavy (non-hydrogen) atoms. The first-order valence-electron chi connectivity index (χ1n) is 8.90. The molecule has 1 atom stereocenters. The number of likely N-dealkylation sites (N-methyl/N-ethyl adjacent to an activating group) is 1. The molecule has 0 aliphatic carbocycles. The van der Waals surface area contributed by atoms with Crippen LogP contribution in [0.25, 0.3) is 0 Å². The normalized spacial score (nSPS) is 17.9. The summed E-state index contributed by atoms with van der Waals surface area (Å²) >= 11 is 0. The molecule has 1 heterocycles. The van der Waals surface area contributed by atoms with Gasteiger partial charge in [0.15, 0.2) is 5.96 Å². The highest BCUT2D eigenvalue weighted by Gasteiger charge is 2.26. The molecular formula is C19H34IN5O. The molecule has 148 valence electrons. The smallest absolute Gasteiger partial charge is 0.191 e. The number of hydrogen-bond acceptors (Lipinski definition) is 4. The molecule has 7 heteroatoms. The number of para-hydroxylation sites is 2. The van der Waals surface area contributed by atoms with Gasteiger partial charge in [-0.25, -0.2) is 0 Å². The van der Waals surface area contributed by atoms with Gasteiger partial charge in [0, 0.05) is 38.3 Å². The zero-order valence-corrected chi connectivity index (χ0v) is 19.2. The summed E-state index contributed by atoms with van der Waals surface area (Å²) in [6.45, 7) is 7.22. The van der Waals surface area contributed by atoms with Crippen molar-refractivity contribution < 1.29 is 4.74 Å². The van der Waals surface area contributed by atoms with Crippen molar-refractivity contribution in [3.8, 4) is 5.75 Å². The molecule has 6 nitrogen and oxygen atoms in total. The van der Waals surface area contributed by atoms with E-state index in [1.807, 2.05) is 19.2 Å². The number of ether oxygens (including phenoxy) is 1. The van der Waals surface area contributed by atoms with E-state index in [4.69, 9.17) is 4.74 Å². The topological polar surface area (TPSA) is 52.1 Å². The lowest BCUT2D eigenvalue weighted by molar-refractivity contribution is 0.197. The van der Waals surface area contributed by atoms with Crippen LogP contribution in [0.3, 0.4) is 0 Å². The minimum atomic E-state index is 0. The second-order valence-corrected chi connectivity index (χ2v) is 7.38. The summed E-state index contributed by atoms with van der Waals surface area (Å²) in [7, 11) is 7.74. The fourth-order valence-electron chi connectivity index (χ4n) is 2.83. The van der Waals surface area contributed by atoms with E-state index >= 15 is 0 Å². The van der Waals surface area contributed by atoms with E-state index < -0.39 is 0 Å². The van der Waals surface area contributed by atoms with Gasteiger partial charge in [-0.1, -0.05) is 12.1 Å². The second-order valence-electron chi connectivity index (χ2n) is 7.38. The molecule has 1 saturated heterocycles. The molecule has 0 spiro atoms. The Hall–Kier alpha value is -1.22. The summed E-state index contributed by atoms with van der Waals surface area (Å²) in [6, 6.07) is 8.57. The van der Waals surface area contributed by atoms with Crippen molar-refractivity contribution in [2.45, 2.75) is 31.8 Å². The van der Waals surface area contributed by atoms with Gasteiger partial charge in [-0.15, -0.1) is 24.0 Å². The standard InChI is InChI=1S/C19H33N5O.HI/c1-19(2,23(4)5)14-21-18(20-3)22-15-11-12-24(13-15)16-9-7-8-10-17(16)25-6;/h7-10,15H,11-14H2,1-6H3,(H2,20,21,22);1H. The fourth-order valence-corrected chi connectivity index (χ4v) is 2.83. The molecule has 1 aromatic rings. The first-order valence-corrected chi connectivity index (χ1v) is 8.90. The first kappa shape index (κ1) is 22.8. The van der Waals surface area contributed by atoms with Gasteiger partial charge in [0.2, 0.25) is 0 Å². The molecule has 0 aromatic heterocycles. The predicted octanol–water partition coefficient (Wildman–Crippen LogP) is 2.40. The Morgan fingerprint density at radius 3 is 2.65 bits per heavy atom. The van der Waals surface area contributed by atoms with Crippen molar-refractivity contribution in [3.63, 3.8) is 0 Å². The number of rotatable bonds is 6. The van der Waals surface area contributed by atoms with Crippen LogP contribution in [0, 0.1) is 0 Å². The predicted molar refractivity (Wildman–Crippen MR) is 121 cm³/mol. The van der Waals surface area contributed by atoms with Crippen molar-refractivity contribution >= 4 is 35.6 Å². The van der Waals surface area contributed by atoms with Crippen LogP contribution in [0.5, 0.6) is 5.75 Å². The molecule has 0 amide bonds. The van der Waals surface area contributed by atoms with Crippen molar-refractivity contribution in [1.29, 1.82) is 0 Å². The van der Waals surface area contributed by atoms with Gasteiger partial charge in [-0.05, 0) is 46.5 Å². The highest BCUT2D eigenvalue weighted by molar-refractivity contribution is 14.0. The average molecular weight is 475 g/mol. The second kappa shape index (κ2) is 10.2.